The van der Waals surface area contributed by atoms with E-state index in [2.05, 4.69) is 5.32 Å². The number of nitrogens with one attached hydrogen (secondary N) is 1. The van der Waals surface area contributed by atoms with E-state index in [-0.39, 0.29) is 17.7 Å². The Labute approximate surface area is 190 Å². The lowest BCUT2D eigenvalue weighted by molar-refractivity contribution is -0.112. The van der Waals surface area contributed by atoms with Crippen molar-refractivity contribution in [2.24, 2.45) is 0 Å². The largest absolute Gasteiger partial charge is 0.496 e. The van der Waals surface area contributed by atoms with Crippen LogP contribution in [0.25, 0.3) is 17.2 Å². The Morgan fingerprint density at radius 1 is 1.16 bits per heavy atom. The number of hydrogen-bond acceptors (Lipinski definition) is 6. The lowest BCUT2D eigenvalue weighted by Crippen LogP contribution is -2.16. The first-order valence-corrected chi connectivity index (χ1v) is 10.8. The van der Waals surface area contributed by atoms with Crippen LogP contribution in [0.3, 0.4) is 0 Å². The zero-order valence-corrected chi connectivity index (χ0v) is 18.8. The van der Waals surface area contributed by atoms with Crippen LogP contribution < -0.4 is 10.1 Å². The molecule has 32 heavy (non-hydrogen) atoms. The van der Waals surface area contributed by atoms with Gasteiger partial charge < -0.3 is 14.8 Å². The number of aryl methyl sites for hydroxylation is 1. The van der Waals surface area contributed by atoms with Crippen LogP contribution in [0.5, 0.6) is 5.75 Å². The molecule has 0 aliphatic carbocycles. The number of nitrogens with zero attached hydrogens (tertiary/aromatic N) is 1. The molecule has 0 saturated heterocycles. The maximum absolute atomic E-state index is 12.9. The Bertz CT molecular complexity index is 1200. The fourth-order valence-corrected chi connectivity index (χ4v) is 4.01. The molecule has 3 aromatic rings. The maximum atomic E-state index is 12.9. The standard InChI is InChI=1S/C25H22N2O4S/c1-4-31-25(29)22-20(17-11-9-16(2)10-12-17)15-32-24(22)27-23(28)19(14-26)13-18-7-5-6-8-21(18)30-3/h5-13,15H,4H2,1-3H3,(H,27,28). The molecule has 0 fully saturated rings. The van der Waals surface area contributed by atoms with Crippen molar-refractivity contribution < 1.29 is 19.1 Å². The summed E-state index contributed by atoms with van der Waals surface area (Å²) in [5, 5.41) is 14.4. The number of benzene rings is 2. The van der Waals surface area contributed by atoms with Gasteiger partial charge in [-0.2, -0.15) is 5.26 Å². The molecule has 0 unspecified atom stereocenters. The van der Waals surface area contributed by atoms with Crippen molar-refractivity contribution in [2.45, 2.75) is 13.8 Å². The lowest BCUT2D eigenvalue weighted by atomic mass is 10.0. The molecule has 2 aromatic carbocycles. The molecule has 0 aliphatic rings. The molecule has 3 rings (SSSR count). The molecule has 0 radical (unpaired) electrons. The second-order valence-electron chi connectivity index (χ2n) is 6.81. The Morgan fingerprint density at radius 3 is 2.53 bits per heavy atom. The smallest absolute Gasteiger partial charge is 0.341 e. The van der Waals surface area contributed by atoms with Crippen molar-refractivity contribution in [1.29, 1.82) is 5.26 Å². The van der Waals surface area contributed by atoms with Crippen LogP contribution in [-0.4, -0.2) is 25.6 Å². The summed E-state index contributed by atoms with van der Waals surface area (Å²) in [5.74, 6) is -0.619. The highest BCUT2D eigenvalue weighted by atomic mass is 32.1. The minimum Gasteiger partial charge on any atom is -0.496 e. The van der Waals surface area contributed by atoms with Crippen molar-refractivity contribution in [3.05, 3.63) is 76.2 Å². The van der Waals surface area contributed by atoms with Crippen LogP contribution in [0.4, 0.5) is 5.00 Å². The van der Waals surface area contributed by atoms with Gasteiger partial charge in [0.15, 0.2) is 0 Å². The number of methoxy groups -OCH3 is 1. The molecule has 0 spiro atoms. The molecular formula is C25H22N2O4S. The quantitative estimate of drug-likeness (QED) is 0.296. The normalized spacial score (nSPS) is 10.9. The van der Waals surface area contributed by atoms with Crippen molar-refractivity contribution in [3.63, 3.8) is 0 Å². The number of carbonyl (C=O) groups is 2. The summed E-state index contributed by atoms with van der Waals surface area (Å²) in [6, 6.07) is 16.7. The first-order chi connectivity index (χ1) is 15.5. The number of nitriles is 1. The fraction of sp³-hybridized carbons (Fsp3) is 0.160. The Hall–Kier alpha value is -3.89. The van der Waals surface area contributed by atoms with Crippen LogP contribution in [0.2, 0.25) is 0 Å². The number of rotatable bonds is 7. The SMILES string of the molecule is CCOC(=O)c1c(-c2ccc(C)cc2)csc1NC(=O)C(C#N)=Cc1ccccc1OC. The number of para-hydroxylation sites is 1. The van der Waals surface area contributed by atoms with Gasteiger partial charge in [-0.1, -0.05) is 48.0 Å². The number of carbonyl (C=O) groups excluding carboxylic acids is 2. The summed E-state index contributed by atoms with van der Waals surface area (Å²) in [6.07, 6.45) is 1.45. The van der Waals surface area contributed by atoms with Gasteiger partial charge in [0.2, 0.25) is 0 Å². The Kier molecular flexibility index (Phi) is 7.42. The minimum absolute atomic E-state index is 0.116. The molecule has 1 N–H and O–H groups in total. The van der Waals surface area contributed by atoms with Gasteiger partial charge in [-0.3, -0.25) is 4.79 Å². The van der Waals surface area contributed by atoms with Gasteiger partial charge in [-0.25, -0.2) is 4.79 Å². The second-order valence-corrected chi connectivity index (χ2v) is 7.69. The molecule has 0 bridgehead atoms. The van der Waals surface area contributed by atoms with Crippen LogP contribution >= 0.6 is 11.3 Å². The zero-order valence-electron chi connectivity index (χ0n) is 18.0. The van der Waals surface area contributed by atoms with Crippen LogP contribution in [0, 0.1) is 18.3 Å². The summed E-state index contributed by atoms with van der Waals surface area (Å²) in [5.41, 5.74) is 3.34. The number of anilines is 1. The average molecular weight is 447 g/mol. The third-order valence-electron chi connectivity index (χ3n) is 4.66. The number of amides is 1. The summed E-state index contributed by atoms with van der Waals surface area (Å²) in [6.45, 7) is 3.90. The predicted molar refractivity (Wildman–Crippen MR) is 126 cm³/mol. The predicted octanol–water partition coefficient (Wildman–Crippen LogP) is 5.45. The van der Waals surface area contributed by atoms with Crippen LogP contribution in [-0.2, 0) is 9.53 Å². The summed E-state index contributed by atoms with van der Waals surface area (Å²) >= 11 is 1.21. The highest BCUT2D eigenvalue weighted by Gasteiger charge is 2.24. The van der Waals surface area contributed by atoms with Gasteiger partial charge in [-0.05, 0) is 31.6 Å². The zero-order chi connectivity index (χ0) is 23.1. The monoisotopic (exact) mass is 446 g/mol. The topological polar surface area (TPSA) is 88.4 Å². The van der Waals surface area contributed by atoms with Crippen LogP contribution in [0.1, 0.15) is 28.4 Å². The van der Waals surface area contributed by atoms with Gasteiger partial charge in [0.1, 0.15) is 28.0 Å². The van der Waals surface area contributed by atoms with Gasteiger partial charge in [0, 0.05) is 16.5 Å². The number of esters is 1. The van der Waals surface area contributed by atoms with E-state index >= 15 is 0 Å². The molecule has 1 aromatic heterocycles. The fourth-order valence-electron chi connectivity index (χ4n) is 3.06. The van der Waals surface area contributed by atoms with Gasteiger partial charge >= 0.3 is 5.97 Å². The van der Waals surface area contributed by atoms with E-state index in [1.54, 1.807) is 36.6 Å². The number of thiophene rings is 1. The van der Waals surface area contributed by atoms with Crippen LogP contribution in [0.15, 0.2) is 59.5 Å². The first kappa shape index (κ1) is 22.8. The van der Waals surface area contributed by atoms with Crippen molar-refractivity contribution in [2.75, 3.05) is 19.0 Å². The molecule has 162 valence electrons. The van der Waals surface area contributed by atoms with Crippen molar-refractivity contribution in [1.82, 2.24) is 0 Å². The van der Waals surface area contributed by atoms with Gasteiger partial charge in [0.05, 0.1) is 13.7 Å². The molecule has 0 saturated carbocycles. The maximum Gasteiger partial charge on any atom is 0.341 e. The number of hydrogen-bond donors (Lipinski definition) is 1. The average Bonchev–Trinajstić information content (AvgIpc) is 3.21. The highest BCUT2D eigenvalue weighted by molar-refractivity contribution is 7.15. The van der Waals surface area contributed by atoms with E-state index < -0.39 is 11.9 Å². The molecule has 1 amide bonds. The van der Waals surface area contributed by atoms with Gasteiger partial charge in [-0.15, -0.1) is 11.3 Å². The van der Waals surface area contributed by atoms with Crippen molar-refractivity contribution >= 4 is 34.3 Å². The van der Waals surface area contributed by atoms with E-state index in [1.807, 2.05) is 37.3 Å². The van der Waals surface area contributed by atoms with E-state index in [4.69, 9.17) is 9.47 Å². The van der Waals surface area contributed by atoms with Crippen molar-refractivity contribution in [3.8, 4) is 22.9 Å². The Morgan fingerprint density at radius 2 is 1.88 bits per heavy atom. The van der Waals surface area contributed by atoms with Gasteiger partial charge in [0.25, 0.3) is 5.91 Å². The molecule has 0 aliphatic heterocycles. The third kappa shape index (κ3) is 5.05. The summed E-state index contributed by atoms with van der Waals surface area (Å²) in [4.78, 5) is 25.6. The molecular weight excluding hydrogens is 424 g/mol. The lowest BCUT2D eigenvalue weighted by Gasteiger charge is -2.09. The minimum atomic E-state index is -0.624. The molecule has 7 heteroatoms. The molecule has 6 nitrogen and oxygen atoms in total. The van der Waals surface area contributed by atoms with E-state index in [0.717, 1.165) is 11.1 Å². The second kappa shape index (κ2) is 10.4. The highest BCUT2D eigenvalue weighted by Crippen LogP contribution is 2.36. The number of ether oxygens (including phenoxy) is 2. The first-order valence-electron chi connectivity index (χ1n) is 9.90. The molecule has 0 atom stereocenters. The molecule has 1 heterocycles. The summed E-state index contributed by atoms with van der Waals surface area (Å²) < 4.78 is 10.5. The van der Waals surface area contributed by atoms with E-state index in [1.165, 1.54) is 24.5 Å². The third-order valence-corrected chi connectivity index (χ3v) is 5.56. The van der Waals surface area contributed by atoms with E-state index in [9.17, 15) is 14.9 Å². The summed E-state index contributed by atoms with van der Waals surface area (Å²) in [7, 11) is 1.52. The Balaban J connectivity index is 1.97. The van der Waals surface area contributed by atoms with E-state index in [0.29, 0.717) is 21.9 Å².